The summed E-state index contributed by atoms with van der Waals surface area (Å²) in [6.45, 7) is 2.29. The molecule has 0 aromatic heterocycles. The number of carbonyl (C=O) groups is 1. The first-order valence-electron chi connectivity index (χ1n) is 5.09. The van der Waals surface area contributed by atoms with Gasteiger partial charge in [-0.15, -0.1) is 0 Å². The Balaban J connectivity index is 2.26. The minimum absolute atomic E-state index is 0.0456. The zero-order chi connectivity index (χ0) is 12.1. The van der Waals surface area contributed by atoms with E-state index in [0.29, 0.717) is 6.54 Å². The van der Waals surface area contributed by atoms with E-state index >= 15 is 0 Å². The lowest BCUT2D eigenvalue weighted by Gasteiger charge is -2.34. The molecule has 7 heteroatoms. The van der Waals surface area contributed by atoms with Gasteiger partial charge in [-0.05, 0) is 6.92 Å². The molecule has 0 unspecified atom stereocenters. The van der Waals surface area contributed by atoms with Crippen LogP contribution in [0.5, 0.6) is 0 Å². The van der Waals surface area contributed by atoms with E-state index in [4.69, 9.17) is 0 Å². The van der Waals surface area contributed by atoms with Crippen LogP contribution >= 0.6 is 0 Å². The molecule has 0 spiro atoms. The molecule has 2 aliphatic heterocycles. The van der Waals surface area contributed by atoms with Crippen molar-refractivity contribution < 1.29 is 23.1 Å². The lowest BCUT2D eigenvalue weighted by molar-refractivity contribution is -0.248. The standard InChI is InChI=1S/C9H13F3N2O2/c1-5-4-14-6(3-13-5)2-8(16,7(14)15)9(10,11)12/h5-6,13,16H,2-4H2,1H3/t5-,6+,8-/m1/s1. The van der Waals surface area contributed by atoms with Crippen LogP contribution in [0, 0.1) is 0 Å². The molecule has 2 rings (SSSR count). The summed E-state index contributed by atoms with van der Waals surface area (Å²) in [6, 6.07) is -0.605. The number of hydrogen-bond donors (Lipinski definition) is 2. The predicted octanol–water partition coefficient (Wildman–Crippen LogP) is -0.128. The van der Waals surface area contributed by atoms with Crippen molar-refractivity contribution in [3.05, 3.63) is 0 Å². The fourth-order valence-corrected chi connectivity index (χ4v) is 2.29. The number of carbonyl (C=O) groups excluding carboxylic acids is 1. The Bertz CT molecular complexity index is 320. The lowest BCUT2D eigenvalue weighted by atomic mass is 9.99. The van der Waals surface area contributed by atoms with Crippen molar-refractivity contribution in [1.82, 2.24) is 10.2 Å². The van der Waals surface area contributed by atoms with Crippen molar-refractivity contribution in [1.29, 1.82) is 0 Å². The number of rotatable bonds is 0. The molecule has 2 N–H and O–H groups in total. The third kappa shape index (κ3) is 1.49. The molecule has 0 radical (unpaired) electrons. The smallest absolute Gasteiger partial charge is 0.373 e. The third-order valence-electron chi connectivity index (χ3n) is 3.23. The Labute approximate surface area is 90.4 Å². The van der Waals surface area contributed by atoms with Crippen LogP contribution in [0.4, 0.5) is 13.2 Å². The van der Waals surface area contributed by atoms with Crippen molar-refractivity contribution in [3.8, 4) is 0 Å². The number of nitrogens with one attached hydrogen (secondary N) is 1. The number of nitrogens with zero attached hydrogens (tertiary/aromatic N) is 1. The lowest BCUT2D eigenvalue weighted by Crippen LogP contribution is -2.56. The molecule has 0 bridgehead atoms. The topological polar surface area (TPSA) is 52.6 Å². The number of alkyl halides is 3. The highest BCUT2D eigenvalue weighted by atomic mass is 19.4. The van der Waals surface area contributed by atoms with Gasteiger partial charge in [0.1, 0.15) is 0 Å². The van der Waals surface area contributed by atoms with Gasteiger partial charge in [0.15, 0.2) is 0 Å². The number of hydrogen-bond acceptors (Lipinski definition) is 3. The number of piperazine rings is 1. The molecule has 0 aliphatic carbocycles. The zero-order valence-electron chi connectivity index (χ0n) is 8.71. The van der Waals surface area contributed by atoms with Crippen LogP contribution in [0.25, 0.3) is 0 Å². The van der Waals surface area contributed by atoms with Crippen molar-refractivity contribution in [2.75, 3.05) is 13.1 Å². The van der Waals surface area contributed by atoms with Gasteiger partial charge in [0.05, 0.1) is 0 Å². The van der Waals surface area contributed by atoms with Crippen LogP contribution in [0.2, 0.25) is 0 Å². The Morgan fingerprint density at radius 1 is 1.56 bits per heavy atom. The quantitative estimate of drug-likeness (QED) is 0.618. The molecule has 2 saturated heterocycles. The Morgan fingerprint density at radius 3 is 2.75 bits per heavy atom. The Morgan fingerprint density at radius 2 is 2.19 bits per heavy atom. The van der Waals surface area contributed by atoms with Gasteiger partial charge in [0, 0.05) is 31.6 Å². The molecule has 4 nitrogen and oxygen atoms in total. The van der Waals surface area contributed by atoms with E-state index in [0.717, 1.165) is 4.90 Å². The number of fused-ring (bicyclic) bond motifs is 1. The highest BCUT2D eigenvalue weighted by Crippen LogP contribution is 2.41. The molecule has 1 amide bonds. The van der Waals surface area contributed by atoms with Gasteiger partial charge in [-0.25, -0.2) is 0 Å². The van der Waals surface area contributed by atoms with Gasteiger partial charge in [-0.1, -0.05) is 0 Å². The summed E-state index contributed by atoms with van der Waals surface area (Å²) in [6.07, 6.45) is -5.47. The zero-order valence-corrected chi connectivity index (χ0v) is 8.71. The largest absolute Gasteiger partial charge is 0.426 e. The van der Waals surface area contributed by atoms with E-state index in [1.807, 2.05) is 0 Å². The van der Waals surface area contributed by atoms with Crippen molar-refractivity contribution in [2.24, 2.45) is 0 Å². The summed E-state index contributed by atoms with van der Waals surface area (Å²) in [4.78, 5) is 12.7. The maximum absolute atomic E-state index is 12.6. The fourth-order valence-electron chi connectivity index (χ4n) is 2.29. The van der Waals surface area contributed by atoms with Crippen molar-refractivity contribution in [3.63, 3.8) is 0 Å². The van der Waals surface area contributed by atoms with Gasteiger partial charge in [0.2, 0.25) is 5.60 Å². The van der Waals surface area contributed by atoms with Gasteiger partial charge in [-0.3, -0.25) is 4.79 Å². The van der Waals surface area contributed by atoms with Crippen LogP contribution in [-0.2, 0) is 4.79 Å². The summed E-state index contributed by atoms with van der Waals surface area (Å²) >= 11 is 0. The van der Waals surface area contributed by atoms with Gasteiger partial charge in [-0.2, -0.15) is 13.2 Å². The summed E-state index contributed by atoms with van der Waals surface area (Å²) < 4.78 is 37.8. The molecular weight excluding hydrogens is 225 g/mol. The summed E-state index contributed by atoms with van der Waals surface area (Å²) in [7, 11) is 0. The molecule has 92 valence electrons. The van der Waals surface area contributed by atoms with Crippen LogP contribution < -0.4 is 5.32 Å². The van der Waals surface area contributed by atoms with Crippen molar-refractivity contribution >= 4 is 5.91 Å². The van der Waals surface area contributed by atoms with E-state index in [1.54, 1.807) is 6.92 Å². The van der Waals surface area contributed by atoms with E-state index in [-0.39, 0.29) is 12.6 Å². The van der Waals surface area contributed by atoms with Crippen molar-refractivity contribution in [2.45, 2.75) is 37.2 Å². The first-order valence-corrected chi connectivity index (χ1v) is 5.09. The summed E-state index contributed by atoms with van der Waals surface area (Å²) in [5.41, 5.74) is -3.19. The van der Waals surface area contributed by atoms with E-state index in [1.165, 1.54) is 0 Å². The summed E-state index contributed by atoms with van der Waals surface area (Å²) in [5, 5.41) is 12.5. The monoisotopic (exact) mass is 238 g/mol. The predicted molar refractivity (Wildman–Crippen MR) is 48.6 cm³/mol. The molecule has 2 fully saturated rings. The fraction of sp³-hybridized carbons (Fsp3) is 0.889. The summed E-state index contributed by atoms with van der Waals surface area (Å²) in [5.74, 6) is -1.21. The number of halogens is 3. The second-order valence-electron chi connectivity index (χ2n) is 4.48. The van der Waals surface area contributed by atoms with Gasteiger partial charge >= 0.3 is 6.18 Å². The molecule has 16 heavy (non-hydrogen) atoms. The van der Waals surface area contributed by atoms with Gasteiger partial charge < -0.3 is 15.3 Å². The van der Waals surface area contributed by atoms with Crippen LogP contribution in [0.15, 0.2) is 0 Å². The second kappa shape index (κ2) is 3.33. The normalized spacial score (nSPS) is 40.1. The highest BCUT2D eigenvalue weighted by molar-refractivity contribution is 5.89. The molecule has 0 aromatic carbocycles. The Kier molecular flexibility index (Phi) is 2.43. The maximum atomic E-state index is 12.6. The molecule has 0 saturated carbocycles. The number of aliphatic hydroxyl groups is 1. The SMILES string of the molecule is C[C@@H]1CN2C(=O)[C@@](O)(C(F)(F)F)C[C@H]2CN1. The molecule has 2 heterocycles. The molecule has 3 atom stereocenters. The minimum atomic E-state index is -4.90. The average Bonchev–Trinajstić information content (AvgIpc) is 2.41. The first-order chi connectivity index (χ1) is 7.25. The first kappa shape index (κ1) is 11.7. The van der Waals surface area contributed by atoms with E-state index in [9.17, 15) is 23.1 Å². The highest BCUT2D eigenvalue weighted by Gasteiger charge is 2.66. The molecule has 0 aromatic rings. The third-order valence-corrected chi connectivity index (χ3v) is 3.23. The number of amides is 1. The van der Waals surface area contributed by atoms with E-state index in [2.05, 4.69) is 5.32 Å². The average molecular weight is 238 g/mol. The van der Waals surface area contributed by atoms with Crippen LogP contribution in [-0.4, -0.2) is 52.9 Å². The van der Waals surface area contributed by atoms with Crippen LogP contribution in [0.3, 0.4) is 0 Å². The maximum Gasteiger partial charge on any atom is 0.426 e. The second-order valence-corrected chi connectivity index (χ2v) is 4.48. The minimum Gasteiger partial charge on any atom is -0.373 e. The Hall–Kier alpha value is -0.820. The van der Waals surface area contributed by atoms with Gasteiger partial charge in [0.25, 0.3) is 5.91 Å². The molecule has 2 aliphatic rings. The molecular formula is C9H13F3N2O2. The van der Waals surface area contributed by atoms with Crippen LogP contribution in [0.1, 0.15) is 13.3 Å². The van der Waals surface area contributed by atoms with E-state index < -0.39 is 30.1 Å².